The maximum absolute atomic E-state index is 12.8. The Balaban J connectivity index is 1.27. The minimum Gasteiger partial charge on any atom is -0.494 e. The van der Waals surface area contributed by atoms with Crippen molar-refractivity contribution in [3.63, 3.8) is 0 Å². The number of benzene rings is 1. The molecule has 4 atom stereocenters. The number of hydrogen-bond donors (Lipinski definition) is 5. The predicted molar refractivity (Wildman–Crippen MR) is 137 cm³/mol. The molecule has 204 valence electrons. The van der Waals surface area contributed by atoms with Gasteiger partial charge in [-0.15, -0.1) is 0 Å². The van der Waals surface area contributed by atoms with Crippen LogP contribution >= 0.6 is 0 Å². The molecule has 1 saturated carbocycles. The Hall–Kier alpha value is -3.97. The van der Waals surface area contributed by atoms with Crippen LogP contribution in [0.5, 0.6) is 5.75 Å². The third-order valence-corrected chi connectivity index (χ3v) is 6.09. The molecule has 1 fully saturated rings. The number of aromatic nitrogens is 4. The van der Waals surface area contributed by atoms with Crippen LogP contribution in [0.15, 0.2) is 36.9 Å². The van der Waals surface area contributed by atoms with Crippen LogP contribution in [0.1, 0.15) is 50.0 Å². The first kappa shape index (κ1) is 27.1. The third kappa shape index (κ3) is 6.29. The lowest BCUT2D eigenvalue weighted by molar-refractivity contribution is 0.0143. The highest BCUT2D eigenvalue weighted by Gasteiger charge is 2.43. The van der Waals surface area contributed by atoms with Crippen LogP contribution < -0.4 is 21.1 Å². The number of nitrogens with zero attached hydrogens (tertiary/aromatic N) is 4. The van der Waals surface area contributed by atoms with E-state index < -0.39 is 41.9 Å². The molecule has 0 unspecified atom stereocenters. The number of fused-ring (bicyclic) bond motifs is 1. The average molecular weight is 528 g/mol. The summed E-state index contributed by atoms with van der Waals surface area (Å²) in [5.74, 6) is 0.400. The number of ether oxygens (including phenoxy) is 2. The Morgan fingerprint density at radius 3 is 2.58 bits per heavy atom. The van der Waals surface area contributed by atoms with E-state index in [1.807, 2.05) is 0 Å². The standard InChI is InChI=1S/C25H33N7O6/c1-25(2,3)38-24(36)27-9-4-10-37-15-7-5-14(6-8-15)23(35)31-16-11-17(20(34)19(16)33)32-13-30-18-21(26)28-12-29-22(18)32/h5-8,12-13,16-17,19-20,33-34H,4,9-11H2,1-3H3,(H,27,36)(H,31,35)(H2,26,28,29)/t16-,17+,19-,20+/m0/s1. The first-order chi connectivity index (χ1) is 18.0. The number of aliphatic hydroxyl groups is 2. The highest BCUT2D eigenvalue weighted by molar-refractivity contribution is 5.94. The minimum absolute atomic E-state index is 0.219. The van der Waals surface area contributed by atoms with Crippen LogP contribution in [0.2, 0.25) is 0 Å². The van der Waals surface area contributed by atoms with E-state index in [2.05, 4.69) is 25.6 Å². The van der Waals surface area contributed by atoms with Crippen LogP contribution in [0.4, 0.5) is 10.6 Å². The van der Waals surface area contributed by atoms with Crippen LogP contribution in [-0.4, -0.2) is 78.7 Å². The Bertz CT molecular complexity index is 1270. The van der Waals surface area contributed by atoms with Gasteiger partial charge in [0.25, 0.3) is 5.91 Å². The lowest BCUT2D eigenvalue weighted by Crippen LogP contribution is -2.43. The van der Waals surface area contributed by atoms with Crippen molar-refractivity contribution >= 4 is 29.0 Å². The lowest BCUT2D eigenvalue weighted by Gasteiger charge is -2.19. The molecule has 2 heterocycles. The van der Waals surface area contributed by atoms with E-state index >= 15 is 0 Å². The predicted octanol–water partition coefficient (Wildman–Crippen LogP) is 1.17. The zero-order valence-corrected chi connectivity index (χ0v) is 21.5. The third-order valence-electron chi connectivity index (χ3n) is 6.09. The smallest absolute Gasteiger partial charge is 0.407 e. The van der Waals surface area contributed by atoms with Crippen molar-refractivity contribution in [1.29, 1.82) is 0 Å². The molecular formula is C25H33N7O6. The van der Waals surface area contributed by atoms with Gasteiger partial charge < -0.3 is 40.6 Å². The van der Waals surface area contributed by atoms with Crippen molar-refractivity contribution in [3.8, 4) is 5.75 Å². The number of nitrogen functional groups attached to an aromatic ring is 1. The fourth-order valence-electron chi connectivity index (χ4n) is 4.26. The highest BCUT2D eigenvalue weighted by Crippen LogP contribution is 2.33. The number of rotatable bonds is 8. The summed E-state index contributed by atoms with van der Waals surface area (Å²) >= 11 is 0. The molecule has 1 aromatic carbocycles. The molecule has 13 heteroatoms. The topological polar surface area (TPSA) is 187 Å². The number of aliphatic hydroxyl groups excluding tert-OH is 2. The fourth-order valence-corrected chi connectivity index (χ4v) is 4.26. The Kier molecular flexibility index (Phi) is 7.97. The molecule has 13 nitrogen and oxygen atoms in total. The Morgan fingerprint density at radius 1 is 1.13 bits per heavy atom. The Morgan fingerprint density at radius 2 is 1.87 bits per heavy atom. The number of imidazole rings is 1. The molecule has 4 rings (SSSR count). The zero-order chi connectivity index (χ0) is 27.4. The zero-order valence-electron chi connectivity index (χ0n) is 21.5. The van der Waals surface area contributed by atoms with Crippen molar-refractivity contribution in [2.75, 3.05) is 18.9 Å². The first-order valence-corrected chi connectivity index (χ1v) is 12.3. The van der Waals surface area contributed by atoms with E-state index in [1.54, 1.807) is 49.6 Å². The lowest BCUT2D eigenvalue weighted by atomic mass is 10.1. The average Bonchev–Trinajstić information content (AvgIpc) is 3.40. The number of nitrogens with one attached hydrogen (secondary N) is 2. The SMILES string of the molecule is CC(C)(C)OC(=O)NCCCOc1ccc(C(=O)N[C@H]2C[C@@H](n3cnc4c(N)ncnc43)[C@@H](O)[C@H]2O)cc1. The maximum Gasteiger partial charge on any atom is 0.407 e. The minimum atomic E-state index is -1.18. The molecule has 2 amide bonds. The second kappa shape index (κ2) is 11.2. The normalized spacial score (nSPS) is 21.3. The molecule has 38 heavy (non-hydrogen) atoms. The summed E-state index contributed by atoms with van der Waals surface area (Å²) in [5.41, 5.74) is 6.52. The van der Waals surface area contributed by atoms with Gasteiger partial charge in [0.05, 0.1) is 25.0 Å². The first-order valence-electron chi connectivity index (χ1n) is 12.3. The summed E-state index contributed by atoms with van der Waals surface area (Å²) in [7, 11) is 0. The number of nitrogens with two attached hydrogens (primary N) is 1. The van der Waals surface area contributed by atoms with Crippen molar-refractivity contribution in [2.45, 2.75) is 63.5 Å². The van der Waals surface area contributed by atoms with Gasteiger partial charge in [0.1, 0.15) is 35.4 Å². The molecule has 0 spiro atoms. The number of amides is 2. The Labute approximate surface area is 219 Å². The van der Waals surface area contributed by atoms with Gasteiger partial charge in [0.15, 0.2) is 11.5 Å². The van der Waals surface area contributed by atoms with Gasteiger partial charge in [0, 0.05) is 12.1 Å². The van der Waals surface area contributed by atoms with E-state index in [-0.39, 0.29) is 12.2 Å². The molecule has 0 bridgehead atoms. The van der Waals surface area contributed by atoms with Gasteiger partial charge in [-0.1, -0.05) is 0 Å². The molecule has 1 aliphatic rings. The fraction of sp³-hybridized carbons (Fsp3) is 0.480. The molecule has 1 aliphatic carbocycles. The molecule has 3 aromatic rings. The summed E-state index contributed by atoms with van der Waals surface area (Å²) in [6.45, 7) is 6.16. The van der Waals surface area contributed by atoms with E-state index in [4.69, 9.17) is 15.2 Å². The second-order valence-corrected chi connectivity index (χ2v) is 10.1. The van der Waals surface area contributed by atoms with Crippen molar-refractivity contribution in [1.82, 2.24) is 30.2 Å². The summed E-state index contributed by atoms with van der Waals surface area (Å²) in [6.07, 6.45) is 0.842. The molecule has 0 radical (unpaired) electrons. The number of carbonyl (C=O) groups excluding carboxylic acids is 2. The molecule has 0 saturated heterocycles. The quantitative estimate of drug-likeness (QED) is 0.266. The second-order valence-electron chi connectivity index (χ2n) is 10.1. The van der Waals surface area contributed by atoms with Gasteiger partial charge in [-0.05, 0) is 57.9 Å². The van der Waals surface area contributed by atoms with Gasteiger partial charge in [-0.25, -0.2) is 19.7 Å². The van der Waals surface area contributed by atoms with Gasteiger partial charge >= 0.3 is 6.09 Å². The van der Waals surface area contributed by atoms with E-state index in [1.165, 1.54) is 12.7 Å². The van der Waals surface area contributed by atoms with Crippen molar-refractivity contribution in [2.24, 2.45) is 0 Å². The van der Waals surface area contributed by atoms with Gasteiger partial charge in [0.2, 0.25) is 0 Å². The number of carbonyl (C=O) groups is 2. The van der Waals surface area contributed by atoms with Crippen molar-refractivity contribution < 1.29 is 29.3 Å². The number of hydrogen-bond acceptors (Lipinski definition) is 10. The molecule has 2 aromatic heterocycles. The molecule has 0 aliphatic heterocycles. The van der Waals surface area contributed by atoms with Gasteiger partial charge in [-0.3, -0.25) is 4.79 Å². The van der Waals surface area contributed by atoms with Crippen LogP contribution in [0.25, 0.3) is 11.2 Å². The number of alkyl carbamates (subject to hydrolysis) is 1. The summed E-state index contributed by atoms with van der Waals surface area (Å²) in [6, 6.07) is 5.31. The monoisotopic (exact) mass is 527 g/mol. The van der Waals surface area contributed by atoms with Crippen LogP contribution in [-0.2, 0) is 4.74 Å². The molecule has 6 N–H and O–H groups in total. The van der Waals surface area contributed by atoms with Crippen LogP contribution in [0.3, 0.4) is 0 Å². The summed E-state index contributed by atoms with van der Waals surface area (Å²) in [4.78, 5) is 36.8. The van der Waals surface area contributed by atoms with Crippen molar-refractivity contribution in [3.05, 3.63) is 42.5 Å². The highest BCUT2D eigenvalue weighted by atomic mass is 16.6. The maximum atomic E-state index is 12.8. The summed E-state index contributed by atoms with van der Waals surface area (Å²) in [5, 5.41) is 26.8. The summed E-state index contributed by atoms with van der Waals surface area (Å²) < 4.78 is 12.5. The van der Waals surface area contributed by atoms with E-state index in [0.29, 0.717) is 42.0 Å². The van der Waals surface area contributed by atoms with Gasteiger partial charge in [-0.2, -0.15) is 0 Å². The van der Waals surface area contributed by atoms with E-state index in [0.717, 1.165) is 0 Å². The molecular weight excluding hydrogens is 494 g/mol. The largest absolute Gasteiger partial charge is 0.494 e. The number of anilines is 1. The van der Waals surface area contributed by atoms with Crippen LogP contribution in [0, 0.1) is 0 Å². The van der Waals surface area contributed by atoms with E-state index in [9.17, 15) is 19.8 Å².